The smallest absolute Gasteiger partial charge is 0.160 e. The molecule has 0 aromatic carbocycles. The summed E-state index contributed by atoms with van der Waals surface area (Å²) < 4.78 is 0. The maximum absolute atomic E-state index is 11.9. The molecule has 0 amide bonds. The van der Waals surface area contributed by atoms with Gasteiger partial charge in [0, 0.05) is 22.5 Å². The first-order valence-corrected chi connectivity index (χ1v) is 8.94. The van der Waals surface area contributed by atoms with Gasteiger partial charge in [0.1, 0.15) is 0 Å². The van der Waals surface area contributed by atoms with E-state index in [-0.39, 0.29) is 17.8 Å². The standard InChI is InChI=1S/C18H30O2S/c1-6-7-8-15(12-19)11-18(5,13(2)3)17-16(14(4)20)9-10-21-17/h9-10,13,15,19H,6-8,11-12H2,1-5H3. The Morgan fingerprint density at radius 1 is 1.43 bits per heavy atom. The van der Waals surface area contributed by atoms with E-state index in [0.717, 1.165) is 31.2 Å². The SMILES string of the molecule is CCCCC(CO)CC(C)(c1sccc1C(C)=O)C(C)C. The molecule has 3 heteroatoms. The highest BCUT2D eigenvalue weighted by molar-refractivity contribution is 7.10. The molecule has 2 nitrogen and oxygen atoms in total. The molecule has 120 valence electrons. The fraction of sp³-hybridized carbons (Fsp3) is 0.722. The fourth-order valence-electron chi connectivity index (χ4n) is 2.97. The van der Waals surface area contributed by atoms with Crippen molar-refractivity contribution >= 4 is 17.1 Å². The van der Waals surface area contributed by atoms with Crippen LogP contribution in [0.25, 0.3) is 0 Å². The Morgan fingerprint density at radius 2 is 2.10 bits per heavy atom. The monoisotopic (exact) mass is 310 g/mol. The molecule has 0 bridgehead atoms. The van der Waals surface area contributed by atoms with Crippen LogP contribution in [0.4, 0.5) is 0 Å². The molecule has 0 spiro atoms. The summed E-state index contributed by atoms with van der Waals surface area (Å²) >= 11 is 1.69. The summed E-state index contributed by atoms with van der Waals surface area (Å²) in [5, 5.41) is 11.7. The van der Waals surface area contributed by atoms with Crippen LogP contribution in [0.15, 0.2) is 11.4 Å². The molecule has 1 N–H and O–H groups in total. The topological polar surface area (TPSA) is 37.3 Å². The fourth-order valence-corrected chi connectivity index (χ4v) is 4.24. The number of carbonyl (C=O) groups is 1. The summed E-state index contributed by atoms with van der Waals surface area (Å²) in [5.41, 5.74) is 0.819. The van der Waals surface area contributed by atoms with Gasteiger partial charge in [-0.05, 0) is 43.0 Å². The number of Topliss-reactive ketones (excluding diaryl/α,β-unsaturated/α-hetero) is 1. The third-order valence-corrected chi connectivity index (χ3v) is 5.97. The van der Waals surface area contributed by atoms with Gasteiger partial charge in [-0.15, -0.1) is 11.3 Å². The summed E-state index contributed by atoms with van der Waals surface area (Å²) in [6, 6.07) is 1.95. The first-order chi connectivity index (χ1) is 9.86. The summed E-state index contributed by atoms with van der Waals surface area (Å²) in [5.74, 6) is 0.899. The minimum atomic E-state index is -0.0453. The largest absolute Gasteiger partial charge is 0.396 e. The van der Waals surface area contributed by atoms with Gasteiger partial charge in [0.25, 0.3) is 0 Å². The van der Waals surface area contributed by atoms with Gasteiger partial charge in [0.15, 0.2) is 5.78 Å². The lowest BCUT2D eigenvalue weighted by Crippen LogP contribution is -2.33. The molecule has 0 saturated carbocycles. The maximum Gasteiger partial charge on any atom is 0.160 e. The Morgan fingerprint density at radius 3 is 2.57 bits per heavy atom. The molecule has 1 aromatic rings. The zero-order valence-electron chi connectivity index (χ0n) is 14.1. The molecule has 0 aliphatic carbocycles. The van der Waals surface area contributed by atoms with Crippen molar-refractivity contribution in [3.8, 4) is 0 Å². The molecule has 2 unspecified atom stereocenters. The average molecular weight is 311 g/mol. The molecule has 0 saturated heterocycles. The number of aliphatic hydroxyl groups excluding tert-OH is 1. The van der Waals surface area contributed by atoms with Crippen molar-refractivity contribution in [3.63, 3.8) is 0 Å². The number of rotatable bonds is 9. The highest BCUT2D eigenvalue weighted by Crippen LogP contribution is 2.43. The predicted octanol–water partition coefficient (Wildman–Crippen LogP) is 5.05. The quantitative estimate of drug-likeness (QED) is 0.648. The first-order valence-electron chi connectivity index (χ1n) is 8.06. The predicted molar refractivity (Wildman–Crippen MR) is 91.2 cm³/mol. The van der Waals surface area contributed by atoms with Crippen LogP contribution in [0.1, 0.15) is 75.5 Å². The van der Waals surface area contributed by atoms with E-state index >= 15 is 0 Å². The molecular weight excluding hydrogens is 280 g/mol. The van der Waals surface area contributed by atoms with Crippen LogP contribution in [0, 0.1) is 11.8 Å². The van der Waals surface area contributed by atoms with E-state index in [1.165, 1.54) is 4.88 Å². The van der Waals surface area contributed by atoms with Crippen LogP contribution in [-0.4, -0.2) is 17.5 Å². The summed E-state index contributed by atoms with van der Waals surface area (Å²) in [6.07, 6.45) is 4.33. The number of hydrogen-bond acceptors (Lipinski definition) is 3. The van der Waals surface area contributed by atoms with Gasteiger partial charge in [0.2, 0.25) is 0 Å². The number of aliphatic hydroxyl groups is 1. The molecular formula is C18H30O2S. The second kappa shape index (κ2) is 8.09. The maximum atomic E-state index is 11.9. The van der Waals surface area contributed by atoms with Gasteiger partial charge < -0.3 is 5.11 Å². The lowest BCUT2D eigenvalue weighted by atomic mass is 9.70. The van der Waals surface area contributed by atoms with Crippen molar-refractivity contribution in [2.24, 2.45) is 11.8 Å². The van der Waals surface area contributed by atoms with Crippen molar-refractivity contribution in [2.45, 2.75) is 65.7 Å². The van der Waals surface area contributed by atoms with E-state index in [4.69, 9.17) is 0 Å². The van der Waals surface area contributed by atoms with Gasteiger partial charge in [-0.2, -0.15) is 0 Å². The molecule has 1 heterocycles. The highest BCUT2D eigenvalue weighted by atomic mass is 32.1. The minimum absolute atomic E-state index is 0.0453. The van der Waals surface area contributed by atoms with Crippen molar-refractivity contribution in [1.29, 1.82) is 0 Å². The highest BCUT2D eigenvalue weighted by Gasteiger charge is 2.36. The summed E-state index contributed by atoms with van der Waals surface area (Å²) in [7, 11) is 0. The summed E-state index contributed by atoms with van der Waals surface area (Å²) in [4.78, 5) is 13.1. The average Bonchev–Trinajstić information content (AvgIpc) is 2.93. The van der Waals surface area contributed by atoms with Gasteiger partial charge in [-0.3, -0.25) is 4.79 Å². The van der Waals surface area contributed by atoms with E-state index in [9.17, 15) is 9.90 Å². The van der Waals surface area contributed by atoms with E-state index in [1.54, 1.807) is 18.3 Å². The van der Waals surface area contributed by atoms with E-state index in [1.807, 2.05) is 11.4 Å². The van der Waals surface area contributed by atoms with Crippen LogP contribution in [0.2, 0.25) is 0 Å². The molecule has 21 heavy (non-hydrogen) atoms. The molecule has 1 aromatic heterocycles. The lowest BCUT2D eigenvalue weighted by Gasteiger charge is -2.37. The zero-order chi connectivity index (χ0) is 16.0. The van der Waals surface area contributed by atoms with Crippen LogP contribution < -0.4 is 0 Å². The Balaban J connectivity index is 3.07. The van der Waals surface area contributed by atoms with Crippen molar-refractivity contribution in [1.82, 2.24) is 0 Å². The Labute approximate surface area is 133 Å². The van der Waals surface area contributed by atoms with Crippen LogP contribution in [-0.2, 0) is 5.41 Å². The third kappa shape index (κ3) is 4.40. The van der Waals surface area contributed by atoms with E-state index in [0.29, 0.717) is 11.8 Å². The minimum Gasteiger partial charge on any atom is -0.396 e. The van der Waals surface area contributed by atoms with Gasteiger partial charge in [-0.1, -0.05) is 40.5 Å². The second-order valence-electron chi connectivity index (χ2n) is 6.69. The lowest BCUT2D eigenvalue weighted by molar-refractivity contribution is 0.101. The van der Waals surface area contributed by atoms with Gasteiger partial charge in [0.05, 0.1) is 0 Å². The normalized spacial score (nSPS) is 16.0. The van der Waals surface area contributed by atoms with Crippen molar-refractivity contribution in [2.75, 3.05) is 6.61 Å². The van der Waals surface area contributed by atoms with Gasteiger partial charge >= 0.3 is 0 Å². The third-order valence-electron chi connectivity index (χ3n) is 4.77. The van der Waals surface area contributed by atoms with Gasteiger partial charge in [-0.25, -0.2) is 0 Å². The molecule has 2 atom stereocenters. The van der Waals surface area contributed by atoms with Crippen LogP contribution in [0.3, 0.4) is 0 Å². The van der Waals surface area contributed by atoms with Crippen molar-refractivity contribution in [3.05, 3.63) is 21.9 Å². The Bertz CT molecular complexity index is 450. The number of thiophene rings is 1. The van der Waals surface area contributed by atoms with E-state index in [2.05, 4.69) is 27.7 Å². The molecule has 0 radical (unpaired) electrons. The molecule has 0 fully saturated rings. The first kappa shape index (κ1) is 18.4. The van der Waals surface area contributed by atoms with E-state index < -0.39 is 0 Å². The Hall–Kier alpha value is -0.670. The van der Waals surface area contributed by atoms with Crippen molar-refractivity contribution < 1.29 is 9.90 Å². The number of ketones is 1. The number of carbonyl (C=O) groups excluding carboxylic acids is 1. The number of unbranched alkanes of at least 4 members (excludes halogenated alkanes) is 1. The second-order valence-corrected chi connectivity index (χ2v) is 7.60. The Kier molecular flexibility index (Phi) is 7.08. The van der Waals surface area contributed by atoms with Crippen LogP contribution >= 0.6 is 11.3 Å². The molecule has 0 aliphatic heterocycles. The zero-order valence-corrected chi connectivity index (χ0v) is 14.9. The van der Waals surface area contributed by atoms with Crippen LogP contribution in [0.5, 0.6) is 0 Å². The molecule has 1 rings (SSSR count). The molecule has 0 aliphatic rings. The summed E-state index contributed by atoms with van der Waals surface area (Å²) in [6.45, 7) is 10.8. The number of hydrogen-bond donors (Lipinski definition) is 1.